The van der Waals surface area contributed by atoms with Gasteiger partial charge in [-0.3, -0.25) is 4.79 Å². The van der Waals surface area contributed by atoms with Crippen LogP contribution in [0.1, 0.15) is 117 Å². The molecule has 8 nitrogen and oxygen atoms in total. The maximum Gasteiger partial charge on any atom is 0.305 e. The summed E-state index contributed by atoms with van der Waals surface area (Å²) in [5, 5.41) is 0. The molecule has 0 unspecified atom stereocenters. The van der Waals surface area contributed by atoms with E-state index in [0.29, 0.717) is 85.7 Å². The number of carbonyl (C=O) groups is 1. The molecule has 0 heterocycles. The third-order valence-electron chi connectivity index (χ3n) is 6.48. The molecule has 0 fully saturated rings. The summed E-state index contributed by atoms with van der Waals surface area (Å²) in [5.74, 6) is -0.139. The highest BCUT2D eigenvalue weighted by Gasteiger charge is 2.02. The monoisotopic (exact) mass is 576 g/mol. The average Bonchev–Trinajstić information content (AvgIpc) is 2.96. The van der Waals surface area contributed by atoms with Crippen molar-refractivity contribution in [2.75, 3.05) is 85.9 Å². The van der Waals surface area contributed by atoms with Crippen LogP contribution >= 0.6 is 0 Å². The summed E-state index contributed by atoms with van der Waals surface area (Å²) < 4.78 is 38.1. The fourth-order valence-electron chi connectivity index (χ4n) is 4.05. The van der Waals surface area contributed by atoms with Crippen molar-refractivity contribution in [3.63, 3.8) is 0 Å². The highest BCUT2D eigenvalue weighted by molar-refractivity contribution is 5.69. The van der Waals surface area contributed by atoms with Gasteiger partial charge in [0.2, 0.25) is 0 Å². The van der Waals surface area contributed by atoms with Crippen molar-refractivity contribution in [1.82, 2.24) is 0 Å². The highest BCUT2D eigenvalue weighted by Crippen LogP contribution is 2.11. The molecule has 0 saturated heterocycles. The number of ether oxygens (including phenoxy) is 7. The Hall–Kier alpha value is -0.770. The fourth-order valence-corrected chi connectivity index (χ4v) is 4.05. The van der Waals surface area contributed by atoms with Gasteiger partial charge < -0.3 is 33.2 Å². The topological polar surface area (TPSA) is 81.7 Å². The van der Waals surface area contributed by atoms with E-state index in [-0.39, 0.29) is 5.97 Å². The first-order valence-corrected chi connectivity index (χ1v) is 16.4. The zero-order valence-corrected chi connectivity index (χ0v) is 26.3. The van der Waals surface area contributed by atoms with Crippen LogP contribution in [0.2, 0.25) is 0 Å². The number of unbranched alkanes of at least 4 members (excludes halogenated alkanes) is 13. The van der Waals surface area contributed by atoms with Crippen molar-refractivity contribution in [2.45, 2.75) is 117 Å². The van der Waals surface area contributed by atoms with Gasteiger partial charge in [-0.05, 0) is 12.8 Å². The molecule has 0 radical (unpaired) electrons. The molecule has 0 rings (SSSR count). The van der Waals surface area contributed by atoms with Crippen molar-refractivity contribution in [3.05, 3.63) is 0 Å². The van der Waals surface area contributed by atoms with Crippen LogP contribution in [0.4, 0.5) is 0 Å². The van der Waals surface area contributed by atoms with Crippen LogP contribution in [0.3, 0.4) is 0 Å². The van der Waals surface area contributed by atoms with E-state index < -0.39 is 0 Å². The van der Waals surface area contributed by atoms with Gasteiger partial charge >= 0.3 is 5.97 Å². The molecule has 0 aromatic heterocycles. The lowest BCUT2D eigenvalue weighted by molar-refractivity contribution is -0.145. The largest absolute Gasteiger partial charge is 0.463 e. The lowest BCUT2D eigenvalue weighted by atomic mass is 10.1. The number of hydrogen-bond donors (Lipinski definition) is 0. The van der Waals surface area contributed by atoms with Gasteiger partial charge in [0.1, 0.15) is 6.61 Å². The van der Waals surface area contributed by atoms with Crippen LogP contribution in [-0.2, 0) is 38.0 Å². The van der Waals surface area contributed by atoms with Crippen LogP contribution in [0.15, 0.2) is 0 Å². The molecule has 0 atom stereocenters. The molecule has 0 spiro atoms. The third-order valence-corrected chi connectivity index (χ3v) is 6.48. The molecule has 240 valence electrons. The Morgan fingerprint density at radius 1 is 0.350 bits per heavy atom. The predicted molar refractivity (Wildman–Crippen MR) is 161 cm³/mol. The Bertz CT molecular complexity index is 478. The van der Waals surface area contributed by atoms with Crippen molar-refractivity contribution in [2.24, 2.45) is 0 Å². The Balaban J connectivity index is 3.07. The van der Waals surface area contributed by atoms with Crippen molar-refractivity contribution < 1.29 is 38.0 Å². The summed E-state index contributed by atoms with van der Waals surface area (Å²) in [5.41, 5.74) is 0. The van der Waals surface area contributed by atoms with Gasteiger partial charge in [0.05, 0.1) is 72.7 Å². The van der Waals surface area contributed by atoms with Gasteiger partial charge in [-0.15, -0.1) is 0 Å². The maximum absolute atomic E-state index is 11.5. The molecule has 0 N–H and O–H groups in total. The Morgan fingerprint density at radius 3 is 1.05 bits per heavy atom. The maximum atomic E-state index is 11.5. The molecule has 0 aliphatic carbocycles. The molecule has 8 heteroatoms. The average molecular weight is 577 g/mol. The summed E-state index contributed by atoms with van der Waals surface area (Å²) in [6.07, 6.45) is 19.7. The van der Waals surface area contributed by atoms with E-state index >= 15 is 0 Å². The van der Waals surface area contributed by atoms with E-state index in [1.54, 1.807) is 0 Å². The first-order valence-electron chi connectivity index (χ1n) is 16.4. The van der Waals surface area contributed by atoms with E-state index in [1.807, 2.05) is 0 Å². The van der Waals surface area contributed by atoms with E-state index in [2.05, 4.69) is 13.8 Å². The number of esters is 1. The summed E-state index contributed by atoms with van der Waals surface area (Å²) in [6, 6.07) is 0. The fraction of sp³-hybridized carbons (Fsp3) is 0.969. The first kappa shape index (κ1) is 39.2. The van der Waals surface area contributed by atoms with Crippen LogP contribution in [0.25, 0.3) is 0 Å². The van der Waals surface area contributed by atoms with Gasteiger partial charge in [0.25, 0.3) is 0 Å². The molecular weight excluding hydrogens is 512 g/mol. The van der Waals surface area contributed by atoms with Gasteiger partial charge in [0, 0.05) is 13.0 Å². The lowest BCUT2D eigenvalue weighted by Gasteiger charge is -2.08. The summed E-state index contributed by atoms with van der Waals surface area (Å²) in [4.78, 5) is 11.5. The van der Waals surface area contributed by atoms with Crippen LogP contribution in [-0.4, -0.2) is 91.9 Å². The zero-order chi connectivity index (χ0) is 29.0. The minimum atomic E-state index is -0.139. The molecular formula is C32H64O8. The molecule has 0 aliphatic heterocycles. The minimum absolute atomic E-state index is 0.139. The van der Waals surface area contributed by atoms with Crippen LogP contribution in [0, 0.1) is 0 Å². The van der Waals surface area contributed by atoms with E-state index in [0.717, 1.165) is 32.3 Å². The lowest BCUT2D eigenvalue weighted by Crippen LogP contribution is -2.15. The van der Waals surface area contributed by atoms with Gasteiger partial charge in [0.15, 0.2) is 0 Å². The Labute approximate surface area is 246 Å². The first-order chi connectivity index (χ1) is 19.8. The molecule has 40 heavy (non-hydrogen) atoms. The summed E-state index contributed by atoms with van der Waals surface area (Å²) in [6.45, 7) is 11.4. The Morgan fingerprint density at radius 2 is 0.650 bits per heavy atom. The second-order valence-corrected chi connectivity index (χ2v) is 10.2. The van der Waals surface area contributed by atoms with Crippen LogP contribution < -0.4 is 0 Å². The van der Waals surface area contributed by atoms with Crippen molar-refractivity contribution in [1.29, 1.82) is 0 Å². The molecule has 0 aromatic rings. The van der Waals surface area contributed by atoms with Crippen LogP contribution in [0.5, 0.6) is 0 Å². The molecule has 0 amide bonds. The van der Waals surface area contributed by atoms with Gasteiger partial charge in [-0.1, -0.05) is 97.3 Å². The predicted octanol–water partition coefficient (Wildman–Crippen LogP) is 6.91. The van der Waals surface area contributed by atoms with Crippen molar-refractivity contribution >= 4 is 5.97 Å². The van der Waals surface area contributed by atoms with Gasteiger partial charge in [-0.2, -0.15) is 0 Å². The minimum Gasteiger partial charge on any atom is -0.463 e. The molecule has 0 saturated carbocycles. The number of hydrogen-bond acceptors (Lipinski definition) is 8. The summed E-state index contributed by atoms with van der Waals surface area (Å²) >= 11 is 0. The second kappa shape index (κ2) is 36.3. The SMILES string of the molecule is CCCCCCCCCCCCCOCCOCCOCCOCCOCCOCCOC(=O)CCCCCC. The normalized spacial score (nSPS) is 11.3. The molecule has 0 aliphatic rings. The number of carbonyl (C=O) groups excluding carboxylic acids is 1. The standard InChI is InChI=1S/C32H64O8/c1-3-5-7-9-10-11-12-13-14-15-17-19-34-20-21-35-22-23-36-24-25-37-26-27-38-28-29-39-30-31-40-32(33)18-16-8-6-4-2/h3-31H2,1-2H3. The smallest absolute Gasteiger partial charge is 0.305 e. The Kier molecular flexibility index (Phi) is 35.6. The third kappa shape index (κ3) is 35.3. The quantitative estimate of drug-likeness (QED) is 0.0595. The second-order valence-electron chi connectivity index (χ2n) is 10.2. The van der Waals surface area contributed by atoms with E-state index in [1.165, 1.54) is 70.6 Å². The van der Waals surface area contributed by atoms with Crippen molar-refractivity contribution in [3.8, 4) is 0 Å². The molecule has 0 aromatic carbocycles. The number of rotatable bonds is 35. The van der Waals surface area contributed by atoms with Gasteiger partial charge in [-0.25, -0.2) is 0 Å². The highest BCUT2D eigenvalue weighted by atomic mass is 16.6. The zero-order valence-electron chi connectivity index (χ0n) is 26.3. The van der Waals surface area contributed by atoms with E-state index in [9.17, 15) is 4.79 Å². The van der Waals surface area contributed by atoms with E-state index in [4.69, 9.17) is 33.2 Å². The molecule has 0 bridgehead atoms. The summed E-state index contributed by atoms with van der Waals surface area (Å²) in [7, 11) is 0.